The maximum atomic E-state index is 6.01. The zero-order valence-electron chi connectivity index (χ0n) is 10.8. The van der Waals surface area contributed by atoms with Gasteiger partial charge in [-0.3, -0.25) is 4.98 Å². The number of anilines is 1. The number of thioether (sulfide) groups is 2. The Bertz CT molecular complexity index is 367. The summed E-state index contributed by atoms with van der Waals surface area (Å²) in [5.74, 6) is 3.79. The normalized spacial score (nSPS) is 21.7. The van der Waals surface area contributed by atoms with Gasteiger partial charge in [-0.2, -0.15) is 23.5 Å². The third kappa shape index (κ3) is 3.80. The summed E-state index contributed by atoms with van der Waals surface area (Å²) in [6.07, 6.45) is 4.64. The molecule has 1 fully saturated rings. The molecular formula is C13H21N3S2. The topological polar surface area (TPSA) is 50.9 Å². The van der Waals surface area contributed by atoms with Crippen LogP contribution in [0.25, 0.3) is 0 Å². The number of nitrogens with two attached hydrogens (primary N) is 1. The lowest BCUT2D eigenvalue weighted by atomic mass is 10.0. The summed E-state index contributed by atoms with van der Waals surface area (Å²) in [6.45, 7) is 3.17. The second-order valence-corrected chi connectivity index (χ2v) is 6.92. The summed E-state index contributed by atoms with van der Waals surface area (Å²) < 4.78 is 0. The Hall–Kier alpha value is -0.390. The molecule has 0 radical (unpaired) electrons. The van der Waals surface area contributed by atoms with E-state index in [1.165, 1.54) is 22.8 Å². The van der Waals surface area contributed by atoms with Crippen molar-refractivity contribution in [1.82, 2.24) is 10.3 Å². The number of rotatable bonds is 5. The number of hydrogen-bond donors (Lipinski definition) is 2. The molecule has 2 atom stereocenters. The molecule has 1 aliphatic heterocycles. The lowest BCUT2D eigenvalue weighted by Crippen LogP contribution is -2.42. The van der Waals surface area contributed by atoms with E-state index in [0.717, 1.165) is 18.7 Å². The highest BCUT2D eigenvalue weighted by Crippen LogP contribution is 2.28. The standard InChI is InChI=1S/C13H21N3S2/c1-2-16-12(13-9-17-5-6-18-13)7-10-8-15-4-3-11(10)14/h3-4,8,12-13,16H,2,5-7,9H2,1H3,(H2,14,15). The molecule has 0 bridgehead atoms. The number of nitrogens with one attached hydrogen (secondary N) is 1. The molecule has 2 rings (SSSR count). The van der Waals surface area contributed by atoms with Crippen molar-refractivity contribution in [3.05, 3.63) is 24.0 Å². The van der Waals surface area contributed by atoms with Crippen LogP contribution in [-0.2, 0) is 6.42 Å². The van der Waals surface area contributed by atoms with Crippen LogP contribution in [-0.4, -0.2) is 40.1 Å². The van der Waals surface area contributed by atoms with E-state index in [1.54, 1.807) is 6.20 Å². The first-order chi connectivity index (χ1) is 8.81. The van der Waals surface area contributed by atoms with Crippen molar-refractivity contribution in [3.8, 4) is 0 Å². The minimum atomic E-state index is 0.499. The maximum Gasteiger partial charge on any atom is 0.0378 e. The Kier molecular flexibility index (Phi) is 5.66. The molecule has 0 saturated carbocycles. The van der Waals surface area contributed by atoms with Crippen LogP contribution >= 0.6 is 23.5 Å². The van der Waals surface area contributed by atoms with Gasteiger partial charge in [0.25, 0.3) is 0 Å². The largest absolute Gasteiger partial charge is 0.398 e. The van der Waals surface area contributed by atoms with Crippen LogP contribution in [0.15, 0.2) is 18.5 Å². The molecule has 1 aromatic rings. The van der Waals surface area contributed by atoms with Gasteiger partial charge in [0, 0.05) is 46.6 Å². The van der Waals surface area contributed by atoms with E-state index in [-0.39, 0.29) is 0 Å². The van der Waals surface area contributed by atoms with Crippen molar-refractivity contribution in [2.24, 2.45) is 0 Å². The fourth-order valence-electron chi connectivity index (χ4n) is 2.18. The third-order valence-corrected chi connectivity index (χ3v) is 6.06. The van der Waals surface area contributed by atoms with Crippen molar-refractivity contribution in [2.75, 3.05) is 29.5 Å². The van der Waals surface area contributed by atoms with E-state index in [9.17, 15) is 0 Å². The number of aromatic nitrogens is 1. The summed E-state index contributed by atoms with van der Waals surface area (Å²) in [6, 6.07) is 2.39. The van der Waals surface area contributed by atoms with Gasteiger partial charge in [0.2, 0.25) is 0 Å². The van der Waals surface area contributed by atoms with Gasteiger partial charge in [-0.1, -0.05) is 6.92 Å². The Balaban J connectivity index is 2.03. The minimum absolute atomic E-state index is 0.499. The first kappa shape index (κ1) is 14.0. The molecule has 5 heteroatoms. The fraction of sp³-hybridized carbons (Fsp3) is 0.615. The molecular weight excluding hydrogens is 262 g/mol. The molecule has 18 heavy (non-hydrogen) atoms. The van der Waals surface area contributed by atoms with Gasteiger partial charge in [-0.25, -0.2) is 0 Å². The highest BCUT2D eigenvalue weighted by molar-refractivity contribution is 8.06. The molecule has 0 spiro atoms. The Morgan fingerprint density at radius 3 is 3.11 bits per heavy atom. The molecule has 3 nitrogen and oxygen atoms in total. The second-order valence-electron chi connectivity index (χ2n) is 4.43. The smallest absolute Gasteiger partial charge is 0.0378 e. The Morgan fingerprint density at radius 2 is 2.44 bits per heavy atom. The predicted molar refractivity (Wildman–Crippen MR) is 83.4 cm³/mol. The lowest BCUT2D eigenvalue weighted by molar-refractivity contribution is 0.522. The Labute approximate surface area is 118 Å². The average molecular weight is 283 g/mol. The second kappa shape index (κ2) is 7.26. The Morgan fingerprint density at radius 1 is 1.56 bits per heavy atom. The van der Waals surface area contributed by atoms with E-state index in [0.29, 0.717) is 11.3 Å². The summed E-state index contributed by atoms with van der Waals surface area (Å²) in [7, 11) is 0. The maximum absolute atomic E-state index is 6.01. The van der Waals surface area contributed by atoms with Gasteiger partial charge in [0.15, 0.2) is 0 Å². The molecule has 0 aliphatic carbocycles. The molecule has 100 valence electrons. The predicted octanol–water partition coefficient (Wildman–Crippen LogP) is 2.03. The number of likely N-dealkylation sites (N-methyl/N-ethyl adjacent to an activating group) is 1. The van der Waals surface area contributed by atoms with Crippen molar-refractivity contribution >= 4 is 29.2 Å². The summed E-state index contributed by atoms with van der Waals surface area (Å²) >= 11 is 4.16. The van der Waals surface area contributed by atoms with Crippen LogP contribution in [0.4, 0.5) is 5.69 Å². The van der Waals surface area contributed by atoms with Crippen LogP contribution in [0.3, 0.4) is 0 Å². The molecule has 2 heterocycles. The van der Waals surface area contributed by atoms with Gasteiger partial charge in [-0.15, -0.1) is 0 Å². The fourth-order valence-corrected chi connectivity index (χ4v) is 5.07. The molecule has 3 N–H and O–H groups in total. The quantitative estimate of drug-likeness (QED) is 0.866. The zero-order chi connectivity index (χ0) is 12.8. The molecule has 1 aromatic heterocycles. The first-order valence-corrected chi connectivity index (χ1v) is 8.62. The van der Waals surface area contributed by atoms with Crippen LogP contribution in [0.5, 0.6) is 0 Å². The number of nitrogens with zero attached hydrogens (tertiary/aromatic N) is 1. The highest BCUT2D eigenvalue weighted by Gasteiger charge is 2.24. The average Bonchev–Trinajstić information content (AvgIpc) is 2.42. The van der Waals surface area contributed by atoms with Crippen LogP contribution in [0.1, 0.15) is 12.5 Å². The van der Waals surface area contributed by atoms with Gasteiger partial charge in [-0.05, 0) is 24.6 Å². The van der Waals surface area contributed by atoms with Crippen molar-refractivity contribution in [1.29, 1.82) is 0 Å². The van der Waals surface area contributed by atoms with Crippen LogP contribution < -0.4 is 11.1 Å². The van der Waals surface area contributed by atoms with Crippen LogP contribution in [0.2, 0.25) is 0 Å². The number of pyridine rings is 1. The zero-order valence-corrected chi connectivity index (χ0v) is 12.4. The van der Waals surface area contributed by atoms with E-state index >= 15 is 0 Å². The van der Waals surface area contributed by atoms with E-state index in [1.807, 2.05) is 12.3 Å². The summed E-state index contributed by atoms with van der Waals surface area (Å²) in [5, 5.41) is 4.29. The van der Waals surface area contributed by atoms with Gasteiger partial charge >= 0.3 is 0 Å². The summed E-state index contributed by atoms with van der Waals surface area (Å²) in [4.78, 5) is 4.18. The lowest BCUT2D eigenvalue weighted by Gasteiger charge is -2.30. The van der Waals surface area contributed by atoms with Crippen molar-refractivity contribution in [2.45, 2.75) is 24.6 Å². The van der Waals surface area contributed by atoms with Crippen LogP contribution in [0, 0.1) is 0 Å². The third-order valence-electron chi connectivity index (χ3n) is 3.14. The molecule has 1 aliphatic rings. The van der Waals surface area contributed by atoms with Gasteiger partial charge < -0.3 is 11.1 Å². The van der Waals surface area contributed by atoms with Gasteiger partial charge in [0.1, 0.15) is 0 Å². The minimum Gasteiger partial charge on any atom is -0.398 e. The SMILES string of the molecule is CCNC(Cc1cnccc1N)C1CSCCS1. The van der Waals surface area contributed by atoms with E-state index in [4.69, 9.17) is 5.73 Å². The summed E-state index contributed by atoms with van der Waals surface area (Å²) in [5.41, 5.74) is 8.04. The highest BCUT2D eigenvalue weighted by atomic mass is 32.2. The van der Waals surface area contributed by atoms with Gasteiger partial charge in [0.05, 0.1) is 0 Å². The van der Waals surface area contributed by atoms with E-state index < -0.39 is 0 Å². The first-order valence-electron chi connectivity index (χ1n) is 6.42. The molecule has 1 saturated heterocycles. The van der Waals surface area contributed by atoms with Crippen molar-refractivity contribution in [3.63, 3.8) is 0 Å². The molecule has 0 amide bonds. The number of hydrogen-bond acceptors (Lipinski definition) is 5. The number of nitrogen functional groups attached to an aromatic ring is 1. The monoisotopic (exact) mass is 283 g/mol. The van der Waals surface area contributed by atoms with Crippen molar-refractivity contribution < 1.29 is 0 Å². The molecule has 0 aromatic carbocycles. The molecule has 2 unspecified atom stereocenters. The van der Waals surface area contributed by atoms with E-state index in [2.05, 4.69) is 40.7 Å².